The number of ether oxygens (including phenoxy) is 2. The Hall–Kier alpha value is -4.50. The number of amides is 2. The lowest BCUT2D eigenvalue weighted by atomic mass is 10.0. The maximum absolute atomic E-state index is 14.8. The van der Waals surface area contributed by atoms with Gasteiger partial charge in [-0.25, -0.2) is 4.79 Å². The van der Waals surface area contributed by atoms with Gasteiger partial charge in [0.15, 0.2) is 0 Å². The molecule has 2 heterocycles. The van der Waals surface area contributed by atoms with E-state index in [1.165, 1.54) is 0 Å². The molecule has 6 rings (SSSR count). The van der Waals surface area contributed by atoms with Gasteiger partial charge >= 0.3 is 6.09 Å². The molecule has 0 spiro atoms. The second-order valence-electron chi connectivity index (χ2n) is 13.6. The molecule has 1 aliphatic carbocycles. The van der Waals surface area contributed by atoms with Crippen molar-refractivity contribution in [1.82, 2.24) is 14.4 Å². The second-order valence-corrected chi connectivity index (χ2v) is 13.6. The summed E-state index contributed by atoms with van der Waals surface area (Å²) in [7, 11) is 1.72. The number of hydrogen-bond donors (Lipinski definition) is 1. The minimum atomic E-state index is -0.635. The van der Waals surface area contributed by atoms with Gasteiger partial charge in [-0.05, 0) is 87.1 Å². The van der Waals surface area contributed by atoms with Gasteiger partial charge in [0.2, 0.25) is 5.91 Å². The number of anilines is 1. The van der Waals surface area contributed by atoms with E-state index in [0.29, 0.717) is 26.2 Å². The molecule has 1 unspecified atom stereocenters. The summed E-state index contributed by atoms with van der Waals surface area (Å²) in [6.07, 6.45) is 4.63. The van der Waals surface area contributed by atoms with Crippen molar-refractivity contribution in [3.63, 3.8) is 0 Å². The summed E-state index contributed by atoms with van der Waals surface area (Å²) in [6, 6.07) is 23.2. The highest BCUT2D eigenvalue weighted by Gasteiger charge is 2.42. The lowest BCUT2D eigenvalue weighted by molar-refractivity contribution is -0.134. The largest absolute Gasteiger partial charge is 0.508 e. The highest BCUT2D eigenvalue weighted by molar-refractivity contribution is 5.89. The van der Waals surface area contributed by atoms with Crippen LogP contribution in [0.1, 0.15) is 45.6 Å². The predicted molar refractivity (Wildman–Crippen MR) is 184 cm³/mol. The quantitative estimate of drug-likeness (QED) is 0.195. The van der Waals surface area contributed by atoms with Crippen LogP contribution in [0.25, 0.3) is 22.0 Å². The molecular formula is C38H46N4O5. The van der Waals surface area contributed by atoms with Gasteiger partial charge in [-0.1, -0.05) is 42.5 Å². The predicted octanol–water partition coefficient (Wildman–Crippen LogP) is 6.67. The Bertz CT molecular complexity index is 1710. The van der Waals surface area contributed by atoms with Gasteiger partial charge in [0.05, 0.1) is 6.54 Å². The summed E-state index contributed by atoms with van der Waals surface area (Å²) in [4.78, 5) is 34.0. The lowest BCUT2D eigenvalue weighted by Gasteiger charge is -2.43. The molecule has 1 aliphatic heterocycles. The fourth-order valence-corrected chi connectivity index (χ4v) is 6.47. The van der Waals surface area contributed by atoms with Crippen LogP contribution in [0.15, 0.2) is 79.0 Å². The van der Waals surface area contributed by atoms with Crippen molar-refractivity contribution in [1.29, 1.82) is 0 Å². The van der Waals surface area contributed by atoms with E-state index in [2.05, 4.69) is 46.0 Å². The highest BCUT2D eigenvalue weighted by Crippen LogP contribution is 2.34. The molecule has 1 N–H and O–H groups in total. The topological polar surface area (TPSA) is 87.5 Å². The van der Waals surface area contributed by atoms with Gasteiger partial charge in [0, 0.05) is 68.7 Å². The average molecular weight is 639 g/mol. The zero-order chi connectivity index (χ0) is 33.1. The Labute approximate surface area is 277 Å². The number of nitrogens with zero attached hydrogens (tertiary/aromatic N) is 4. The number of hydrogen-bond acceptors (Lipinski definition) is 6. The molecule has 2 fully saturated rings. The summed E-state index contributed by atoms with van der Waals surface area (Å²) in [5.74, 6) is 0.235. The molecule has 1 aromatic heterocycles. The van der Waals surface area contributed by atoms with Crippen LogP contribution >= 0.6 is 0 Å². The molecule has 1 saturated heterocycles. The lowest BCUT2D eigenvalue weighted by Crippen LogP contribution is -2.61. The number of piperazine rings is 1. The number of methoxy groups -OCH3 is 1. The van der Waals surface area contributed by atoms with Gasteiger partial charge in [0.1, 0.15) is 17.4 Å². The first-order valence-electron chi connectivity index (χ1n) is 16.6. The van der Waals surface area contributed by atoms with Crippen LogP contribution in [0.2, 0.25) is 0 Å². The Morgan fingerprint density at radius 3 is 2.45 bits per heavy atom. The molecule has 2 aliphatic rings. The van der Waals surface area contributed by atoms with Gasteiger partial charge in [0.25, 0.3) is 0 Å². The molecule has 9 heteroatoms. The van der Waals surface area contributed by atoms with E-state index in [1.807, 2.05) is 56.0 Å². The van der Waals surface area contributed by atoms with Crippen molar-refractivity contribution in [2.75, 3.05) is 38.3 Å². The van der Waals surface area contributed by atoms with E-state index < -0.39 is 17.7 Å². The SMILES string of the molecule is COCCCn1cc(CN(C(=O)C2CN(C(=O)OC(C)(C)C)CCN2c2cccc(-c3ccc(O)cc3)c2)C2CC2)c2ccccc21. The van der Waals surface area contributed by atoms with Crippen LogP contribution in [0.4, 0.5) is 10.5 Å². The van der Waals surface area contributed by atoms with Crippen molar-refractivity contribution in [3.8, 4) is 16.9 Å². The number of rotatable bonds is 10. The Morgan fingerprint density at radius 2 is 1.72 bits per heavy atom. The van der Waals surface area contributed by atoms with Crippen molar-refractivity contribution < 1.29 is 24.2 Å². The van der Waals surface area contributed by atoms with E-state index in [1.54, 1.807) is 24.1 Å². The molecule has 47 heavy (non-hydrogen) atoms. The number of aryl methyl sites for hydroxylation is 1. The normalized spacial score (nSPS) is 16.8. The minimum Gasteiger partial charge on any atom is -0.508 e. The molecule has 2 amide bonds. The van der Waals surface area contributed by atoms with E-state index in [0.717, 1.165) is 59.1 Å². The third-order valence-corrected chi connectivity index (χ3v) is 8.93. The number of para-hydroxylation sites is 1. The van der Waals surface area contributed by atoms with Crippen LogP contribution in [0.3, 0.4) is 0 Å². The smallest absolute Gasteiger partial charge is 0.410 e. The number of phenolic OH excluding ortho intramolecular Hbond substituents is 1. The minimum absolute atomic E-state index is 0.0204. The van der Waals surface area contributed by atoms with Crippen LogP contribution < -0.4 is 4.90 Å². The van der Waals surface area contributed by atoms with E-state index in [4.69, 9.17) is 9.47 Å². The summed E-state index contributed by atoms with van der Waals surface area (Å²) < 4.78 is 13.3. The van der Waals surface area contributed by atoms with E-state index in [-0.39, 0.29) is 24.2 Å². The van der Waals surface area contributed by atoms with Gasteiger partial charge in [-0.15, -0.1) is 0 Å². The highest BCUT2D eigenvalue weighted by atomic mass is 16.6. The second kappa shape index (κ2) is 13.7. The fraction of sp³-hybridized carbons (Fsp3) is 0.421. The number of fused-ring (bicyclic) bond motifs is 1. The maximum Gasteiger partial charge on any atom is 0.410 e. The van der Waals surface area contributed by atoms with Crippen molar-refractivity contribution in [3.05, 3.63) is 84.6 Å². The number of carbonyl (C=O) groups is 2. The molecule has 0 bridgehead atoms. The summed E-state index contributed by atoms with van der Waals surface area (Å²) in [5.41, 5.74) is 4.53. The van der Waals surface area contributed by atoms with Gasteiger partial charge < -0.3 is 33.8 Å². The monoisotopic (exact) mass is 638 g/mol. The first kappa shape index (κ1) is 32.4. The average Bonchev–Trinajstić information content (AvgIpc) is 3.85. The Morgan fingerprint density at radius 1 is 0.957 bits per heavy atom. The number of aromatic hydroxyl groups is 1. The van der Waals surface area contributed by atoms with Crippen LogP contribution in [0.5, 0.6) is 5.75 Å². The standard InChI is InChI=1S/C38H46N4O5/c1-38(2,3)47-37(45)40-20-21-41(31-10-7-9-28(23-31)27-13-17-32(43)18-14-27)35(26-40)36(44)42(30-15-16-30)25-29-24-39(19-8-22-46-4)34-12-6-5-11-33(29)34/h5-7,9-14,17-18,23-24,30,35,43H,8,15-16,19-22,25-26H2,1-4H3. The molecule has 248 valence electrons. The van der Waals surface area contributed by atoms with Crippen molar-refractivity contribution in [2.24, 2.45) is 0 Å². The van der Waals surface area contributed by atoms with Crippen molar-refractivity contribution >= 4 is 28.6 Å². The fourth-order valence-electron chi connectivity index (χ4n) is 6.47. The van der Waals surface area contributed by atoms with Gasteiger partial charge in [-0.2, -0.15) is 0 Å². The van der Waals surface area contributed by atoms with E-state index >= 15 is 0 Å². The molecule has 0 radical (unpaired) electrons. The maximum atomic E-state index is 14.8. The molecule has 1 saturated carbocycles. The third kappa shape index (κ3) is 7.57. The molecule has 4 aromatic rings. The molecular weight excluding hydrogens is 592 g/mol. The number of benzene rings is 3. The number of carbonyl (C=O) groups excluding carboxylic acids is 2. The summed E-state index contributed by atoms with van der Waals surface area (Å²) in [5, 5.41) is 11.0. The summed E-state index contributed by atoms with van der Waals surface area (Å²) >= 11 is 0. The van der Waals surface area contributed by atoms with Crippen LogP contribution in [-0.2, 0) is 27.4 Å². The Balaban J connectivity index is 1.32. The first-order chi connectivity index (χ1) is 22.6. The number of aromatic nitrogens is 1. The first-order valence-corrected chi connectivity index (χ1v) is 16.6. The van der Waals surface area contributed by atoms with E-state index in [9.17, 15) is 14.7 Å². The molecule has 3 aromatic carbocycles. The van der Waals surface area contributed by atoms with Crippen LogP contribution in [-0.4, -0.2) is 82.5 Å². The summed E-state index contributed by atoms with van der Waals surface area (Å²) in [6.45, 7) is 8.79. The van der Waals surface area contributed by atoms with Gasteiger partial charge in [-0.3, -0.25) is 4.79 Å². The zero-order valence-corrected chi connectivity index (χ0v) is 27.9. The zero-order valence-electron chi connectivity index (χ0n) is 27.9. The van der Waals surface area contributed by atoms with Crippen molar-refractivity contribution in [2.45, 2.75) is 70.8 Å². The molecule has 1 atom stereocenters. The number of phenols is 1. The Kier molecular flexibility index (Phi) is 9.45. The molecule has 9 nitrogen and oxygen atoms in total. The third-order valence-electron chi connectivity index (χ3n) is 8.93. The van der Waals surface area contributed by atoms with Crippen LogP contribution in [0, 0.1) is 0 Å².